The van der Waals surface area contributed by atoms with Gasteiger partial charge in [-0.05, 0) is 49.7 Å². The van der Waals surface area contributed by atoms with Crippen LogP contribution in [0.2, 0.25) is 0 Å². The number of carbonyl (C=O) groups is 1. The van der Waals surface area contributed by atoms with Crippen LogP contribution in [0.15, 0.2) is 48.6 Å². The third-order valence-corrected chi connectivity index (χ3v) is 6.17. The summed E-state index contributed by atoms with van der Waals surface area (Å²) in [6.45, 7) is 3.19. The van der Waals surface area contributed by atoms with Crippen LogP contribution in [0.5, 0.6) is 0 Å². The largest absolute Gasteiger partial charge is 0.481 e. The van der Waals surface area contributed by atoms with Crippen LogP contribution in [0.25, 0.3) is 0 Å². The Morgan fingerprint density at radius 2 is 2.10 bits per heavy atom. The fourth-order valence-corrected chi connectivity index (χ4v) is 4.49. The second-order valence-corrected chi connectivity index (χ2v) is 8.73. The van der Waals surface area contributed by atoms with E-state index in [1.54, 1.807) is 6.08 Å². The van der Waals surface area contributed by atoms with E-state index in [0.717, 1.165) is 24.0 Å². The van der Waals surface area contributed by atoms with Crippen molar-refractivity contribution in [1.29, 1.82) is 0 Å². The Labute approximate surface area is 190 Å². The minimum Gasteiger partial charge on any atom is -0.481 e. The summed E-state index contributed by atoms with van der Waals surface area (Å²) < 4.78 is 5.44. The minimum atomic E-state index is -0.780. The Morgan fingerprint density at radius 1 is 1.32 bits per heavy atom. The Bertz CT molecular complexity index is 732. The lowest BCUT2D eigenvalue weighted by molar-refractivity contribution is -0.137. The molecule has 0 radical (unpaired) electrons. The molecule has 5 atom stereocenters. The minimum absolute atomic E-state index is 0.0883. The molecule has 3 N–H and O–H groups in total. The lowest BCUT2D eigenvalue weighted by Crippen LogP contribution is -2.19. The molecular formula is C25H35ClO5. The van der Waals surface area contributed by atoms with Crippen LogP contribution >= 0.6 is 11.6 Å². The predicted molar refractivity (Wildman–Crippen MR) is 123 cm³/mol. The van der Waals surface area contributed by atoms with E-state index in [1.165, 1.54) is 0 Å². The van der Waals surface area contributed by atoms with Crippen LogP contribution in [-0.2, 0) is 22.6 Å². The summed E-state index contributed by atoms with van der Waals surface area (Å²) in [5.41, 5.74) is 2.12. The maximum absolute atomic E-state index is 10.6. The van der Waals surface area contributed by atoms with Crippen LogP contribution < -0.4 is 0 Å². The van der Waals surface area contributed by atoms with Gasteiger partial charge in [0.2, 0.25) is 0 Å². The van der Waals surface area contributed by atoms with Gasteiger partial charge in [-0.2, -0.15) is 0 Å². The van der Waals surface area contributed by atoms with E-state index < -0.39 is 18.2 Å². The molecule has 0 saturated heterocycles. The van der Waals surface area contributed by atoms with Crippen molar-refractivity contribution in [2.45, 2.75) is 69.6 Å². The molecule has 1 fully saturated rings. The van der Waals surface area contributed by atoms with Crippen LogP contribution in [0, 0.1) is 11.8 Å². The zero-order valence-corrected chi connectivity index (χ0v) is 19.0. The summed E-state index contributed by atoms with van der Waals surface area (Å²) in [6, 6.07) is 8.02. The number of carboxylic acid groups (broad SMARTS) is 1. The third-order valence-electron chi connectivity index (χ3n) is 5.67. The van der Waals surface area contributed by atoms with E-state index in [1.807, 2.05) is 49.4 Å². The van der Waals surface area contributed by atoms with Gasteiger partial charge in [0.15, 0.2) is 0 Å². The van der Waals surface area contributed by atoms with Gasteiger partial charge in [0.1, 0.15) is 0 Å². The fourth-order valence-electron chi connectivity index (χ4n) is 4.04. The Kier molecular flexibility index (Phi) is 11.3. The van der Waals surface area contributed by atoms with Crippen molar-refractivity contribution in [3.05, 3.63) is 59.7 Å². The molecule has 1 aromatic carbocycles. The van der Waals surface area contributed by atoms with Crippen LogP contribution in [0.3, 0.4) is 0 Å². The summed E-state index contributed by atoms with van der Waals surface area (Å²) in [5, 5.41) is 29.5. The van der Waals surface area contributed by atoms with Crippen LogP contribution in [0.1, 0.15) is 50.2 Å². The molecule has 31 heavy (non-hydrogen) atoms. The first-order chi connectivity index (χ1) is 14.9. The predicted octanol–water partition coefficient (Wildman–Crippen LogP) is 4.49. The number of halogens is 1. The van der Waals surface area contributed by atoms with Crippen LogP contribution in [-0.4, -0.2) is 45.5 Å². The molecule has 2 rings (SSSR count). The molecule has 0 aliphatic heterocycles. The van der Waals surface area contributed by atoms with Gasteiger partial charge in [0, 0.05) is 30.7 Å². The van der Waals surface area contributed by atoms with Crippen molar-refractivity contribution in [2.75, 3.05) is 6.61 Å². The second kappa shape index (κ2) is 13.7. The number of hydrogen-bond acceptors (Lipinski definition) is 4. The van der Waals surface area contributed by atoms with Crippen LogP contribution in [0.4, 0.5) is 0 Å². The van der Waals surface area contributed by atoms with Crippen molar-refractivity contribution in [3.8, 4) is 0 Å². The highest BCUT2D eigenvalue weighted by molar-refractivity contribution is 6.21. The fraction of sp³-hybridized carbons (Fsp3) is 0.560. The van der Waals surface area contributed by atoms with Gasteiger partial charge in [0.05, 0.1) is 18.8 Å². The molecule has 1 aliphatic rings. The lowest BCUT2D eigenvalue weighted by Gasteiger charge is -2.19. The molecule has 0 heterocycles. The number of unbranched alkanes of at least 4 members (excludes halogenated alkanes) is 1. The molecule has 172 valence electrons. The molecule has 0 unspecified atom stereocenters. The van der Waals surface area contributed by atoms with E-state index in [-0.39, 0.29) is 23.6 Å². The lowest BCUT2D eigenvalue weighted by atomic mass is 9.90. The summed E-state index contributed by atoms with van der Waals surface area (Å²) in [7, 11) is 0. The Morgan fingerprint density at radius 3 is 2.84 bits per heavy atom. The smallest absolute Gasteiger partial charge is 0.303 e. The van der Waals surface area contributed by atoms with Gasteiger partial charge in [0.25, 0.3) is 0 Å². The summed E-state index contributed by atoms with van der Waals surface area (Å²) in [4.78, 5) is 10.6. The Hall–Kier alpha value is -1.66. The molecule has 1 aromatic rings. The molecule has 6 heteroatoms. The summed E-state index contributed by atoms with van der Waals surface area (Å²) in [5.74, 6) is -0.798. The average molecular weight is 451 g/mol. The van der Waals surface area contributed by atoms with Gasteiger partial charge in [-0.3, -0.25) is 4.79 Å². The first kappa shape index (κ1) is 25.6. The maximum atomic E-state index is 10.6. The van der Waals surface area contributed by atoms with E-state index in [4.69, 9.17) is 21.4 Å². The molecular weight excluding hydrogens is 416 g/mol. The number of carboxylic acids is 1. The summed E-state index contributed by atoms with van der Waals surface area (Å²) in [6.07, 6.45) is 9.78. The van der Waals surface area contributed by atoms with E-state index in [2.05, 4.69) is 0 Å². The van der Waals surface area contributed by atoms with E-state index in [9.17, 15) is 15.0 Å². The van der Waals surface area contributed by atoms with E-state index >= 15 is 0 Å². The zero-order chi connectivity index (χ0) is 22.6. The zero-order valence-electron chi connectivity index (χ0n) is 18.2. The van der Waals surface area contributed by atoms with Crippen molar-refractivity contribution < 1.29 is 24.9 Å². The SMILES string of the molecule is CCOCc1cccc(C[C@H](O)/C=C/[C@H]2[C@@H](C/C=C\CCCC(=O)O)[C@@H](Cl)C[C@H]2O)c1. The topological polar surface area (TPSA) is 87.0 Å². The highest BCUT2D eigenvalue weighted by atomic mass is 35.5. The van der Waals surface area contributed by atoms with Crippen molar-refractivity contribution in [3.63, 3.8) is 0 Å². The quantitative estimate of drug-likeness (QED) is 0.234. The average Bonchev–Trinajstić information content (AvgIpc) is 2.99. The number of aliphatic hydroxyl groups excluding tert-OH is 2. The number of alkyl halides is 1. The monoisotopic (exact) mass is 450 g/mol. The molecule has 0 amide bonds. The highest BCUT2D eigenvalue weighted by Crippen LogP contribution is 2.39. The molecule has 1 aliphatic carbocycles. The number of ether oxygens (including phenoxy) is 1. The van der Waals surface area contributed by atoms with Gasteiger partial charge < -0.3 is 20.1 Å². The van der Waals surface area contributed by atoms with Crippen molar-refractivity contribution in [2.24, 2.45) is 11.8 Å². The first-order valence-corrected chi connectivity index (χ1v) is 11.5. The van der Waals surface area contributed by atoms with E-state index in [0.29, 0.717) is 32.5 Å². The standard InChI is InChI=1S/C25H35ClO5/c1-2-31-17-19-9-7-8-18(14-19)15-20(27)12-13-22-21(23(26)16-24(22)28)10-5-3-4-6-11-25(29)30/h3,5,7-9,12-14,20-24,27-28H,2,4,6,10-11,15-17H2,1H3,(H,29,30)/b5-3-,13-12+/t20-,21-,22+,23+,24-/m1/s1. The number of hydrogen-bond donors (Lipinski definition) is 3. The normalized spacial score (nSPS) is 24.9. The number of allylic oxidation sites excluding steroid dienone is 2. The number of aliphatic carboxylic acids is 1. The van der Waals surface area contributed by atoms with Crippen molar-refractivity contribution in [1.82, 2.24) is 0 Å². The summed E-state index contributed by atoms with van der Waals surface area (Å²) >= 11 is 6.47. The Balaban J connectivity index is 1.89. The van der Waals surface area contributed by atoms with Gasteiger partial charge in [-0.15, -0.1) is 11.6 Å². The van der Waals surface area contributed by atoms with Gasteiger partial charge >= 0.3 is 5.97 Å². The molecule has 0 spiro atoms. The second-order valence-electron chi connectivity index (χ2n) is 8.17. The van der Waals surface area contributed by atoms with Gasteiger partial charge in [-0.1, -0.05) is 48.6 Å². The number of aliphatic hydroxyl groups is 2. The van der Waals surface area contributed by atoms with Gasteiger partial charge in [-0.25, -0.2) is 0 Å². The molecule has 5 nitrogen and oxygen atoms in total. The molecule has 0 aromatic heterocycles. The molecule has 1 saturated carbocycles. The number of benzene rings is 1. The van der Waals surface area contributed by atoms with Crippen molar-refractivity contribution >= 4 is 17.6 Å². The third kappa shape index (κ3) is 9.16. The number of rotatable bonds is 13. The maximum Gasteiger partial charge on any atom is 0.303 e. The highest BCUT2D eigenvalue weighted by Gasteiger charge is 2.39. The first-order valence-electron chi connectivity index (χ1n) is 11.1. The molecule has 0 bridgehead atoms.